The summed E-state index contributed by atoms with van der Waals surface area (Å²) in [6.07, 6.45) is -1.40. The highest BCUT2D eigenvalue weighted by Gasteiger charge is 2.25. The van der Waals surface area contributed by atoms with Crippen molar-refractivity contribution in [2.75, 3.05) is 0 Å². The molecule has 0 spiro atoms. The molecule has 0 radical (unpaired) electrons. The Labute approximate surface area is 129 Å². The van der Waals surface area contributed by atoms with Crippen molar-refractivity contribution in [1.82, 2.24) is 5.32 Å². The number of carbonyl (C=O) groups excluding carboxylic acids is 2. The van der Waals surface area contributed by atoms with Crippen molar-refractivity contribution < 1.29 is 24.2 Å². The Morgan fingerprint density at radius 2 is 1.90 bits per heavy atom. The van der Waals surface area contributed by atoms with Gasteiger partial charge in [0.05, 0.1) is 6.42 Å². The zero-order valence-electron chi connectivity index (χ0n) is 11.2. The molecule has 114 valence electrons. The van der Waals surface area contributed by atoms with Crippen LogP contribution in [0.3, 0.4) is 0 Å². The van der Waals surface area contributed by atoms with Crippen LogP contribution in [0.1, 0.15) is 13.3 Å². The summed E-state index contributed by atoms with van der Waals surface area (Å²) in [5.41, 5.74) is 4.93. The monoisotopic (exact) mass is 358 g/mol. The minimum atomic E-state index is -1.37. The first-order valence-corrected chi connectivity index (χ1v) is 6.82. The maximum Gasteiger partial charge on any atom is 0.326 e. The zero-order valence-corrected chi connectivity index (χ0v) is 12.8. The summed E-state index contributed by atoms with van der Waals surface area (Å²) in [5.74, 6) is -2.34. The summed E-state index contributed by atoms with van der Waals surface area (Å²) in [7, 11) is 0. The Morgan fingerprint density at radius 1 is 1.33 bits per heavy atom. The molecule has 1 rings (SSSR count). The quantitative estimate of drug-likeness (QED) is 0.661. The lowest BCUT2D eigenvalue weighted by atomic mass is 10.2. The number of hydrogen-bond donors (Lipinski definition) is 3. The topological polar surface area (TPSA) is 119 Å². The number of hydrogen-bond acceptors (Lipinski definition) is 4. The first-order chi connectivity index (χ1) is 9.79. The van der Waals surface area contributed by atoms with Gasteiger partial charge >= 0.3 is 5.97 Å². The summed E-state index contributed by atoms with van der Waals surface area (Å²) >= 11 is 3.27. The van der Waals surface area contributed by atoms with Crippen molar-refractivity contribution in [1.29, 1.82) is 0 Å². The molecule has 8 heteroatoms. The van der Waals surface area contributed by atoms with E-state index in [1.807, 2.05) is 0 Å². The number of benzene rings is 1. The molecule has 0 fully saturated rings. The van der Waals surface area contributed by atoms with E-state index in [0.29, 0.717) is 5.75 Å². The van der Waals surface area contributed by atoms with Gasteiger partial charge in [-0.1, -0.05) is 15.9 Å². The normalized spacial score (nSPS) is 13.0. The molecular weight excluding hydrogens is 344 g/mol. The largest absolute Gasteiger partial charge is 0.481 e. The van der Waals surface area contributed by atoms with Crippen LogP contribution in [0.2, 0.25) is 0 Å². The molecule has 0 aliphatic carbocycles. The molecule has 7 nitrogen and oxygen atoms in total. The Kier molecular flexibility index (Phi) is 6.16. The molecular formula is C13H15BrN2O5. The number of amides is 2. The highest BCUT2D eigenvalue weighted by Crippen LogP contribution is 2.17. The van der Waals surface area contributed by atoms with E-state index in [0.717, 1.165) is 4.47 Å². The molecule has 2 amide bonds. The second kappa shape index (κ2) is 7.63. The van der Waals surface area contributed by atoms with Crippen molar-refractivity contribution in [3.05, 3.63) is 28.7 Å². The summed E-state index contributed by atoms with van der Waals surface area (Å²) < 4.78 is 6.24. The number of ether oxygens (including phenoxy) is 1. The number of nitrogens with one attached hydrogen (secondary N) is 1. The Balaban J connectivity index is 2.62. The Hall–Kier alpha value is -2.09. The molecule has 0 saturated heterocycles. The van der Waals surface area contributed by atoms with Gasteiger partial charge in [-0.15, -0.1) is 0 Å². The van der Waals surface area contributed by atoms with Gasteiger partial charge in [-0.3, -0.25) is 9.59 Å². The van der Waals surface area contributed by atoms with Crippen LogP contribution in [0.4, 0.5) is 0 Å². The van der Waals surface area contributed by atoms with Crippen LogP contribution in [0.5, 0.6) is 5.75 Å². The first kappa shape index (κ1) is 17.0. The number of nitrogens with two attached hydrogens (primary N) is 1. The second-order valence-electron chi connectivity index (χ2n) is 4.28. The van der Waals surface area contributed by atoms with Crippen LogP contribution >= 0.6 is 15.9 Å². The molecule has 2 atom stereocenters. The fraction of sp³-hybridized carbons (Fsp3) is 0.308. The van der Waals surface area contributed by atoms with E-state index in [9.17, 15) is 14.4 Å². The predicted molar refractivity (Wildman–Crippen MR) is 77.6 cm³/mol. The molecule has 0 aliphatic rings. The van der Waals surface area contributed by atoms with Gasteiger partial charge < -0.3 is 20.9 Å². The molecule has 0 aliphatic heterocycles. The smallest absolute Gasteiger partial charge is 0.326 e. The molecule has 0 aromatic heterocycles. The standard InChI is InChI=1S/C13H15BrN2O5/c1-7(21-9-4-2-8(14)3-5-9)12(18)16-10(13(19)20)6-11(15)17/h2-5,7,10H,6H2,1H3,(H2,15,17)(H,16,18)(H,19,20)/t7?,10-/m0/s1. The van der Waals surface area contributed by atoms with Gasteiger partial charge in [-0.05, 0) is 31.2 Å². The highest BCUT2D eigenvalue weighted by atomic mass is 79.9. The van der Waals surface area contributed by atoms with Crippen molar-refractivity contribution in [2.45, 2.75) is 25.5 Å². The van der Waals surface area contributed by atoms with Crippen molar-refractivity contribution in [2.24, 2.45) is 5.73 Å². The highest BCUT2D eigenvalue weighted by molar-refractivity contribution is 9.10. The summed E-state index contributed by atoms with van der Waals surface area (Å²) in [6, 6.07) is 5.43. The lowest BCUT2D eigenvalue weighted by molar-refractivity contribution is -0.144. The third-order valence-corrected chi connectivity index (χ3v) is 3.04. The maximum atomic E-state index is 11.8. The van der Waals surface area contributed by atoms with Crippen molar-refractivity contribution >= 4 is 33.7 Å². The average molecular weight is 359 g/mol. The van der Waals surface area contributed by atoms with Crippen LogP contribution in [-0.2, 0) is 14.4 Å². The number of rotatable bonds is 7. The van der Waals surface area contributed by atoms with Gasteiger partial charge in [0, 0.05) is 4.47 Å². The number of carboxylic acids is 1. The number of carbonyl (C=O) groups is 3. The van der Waals surface area contributed by atoms with Gasteiger partial charge in [0.1, 0.15) is 11.8 Å². The van der Waals surface area contributed by atoms with E-state index in [-0.39, 0.29) is 0 Å². The molecule has 4 N–H and O–H groups in total. The lowest BCUT2D eigenvalue weighted by Crippen LogP contribution is -2.47. The molecule has 0 bridgehead atoms. The van der Waals surface area contributed by atoms with Gasteiger partial charge in [0.25, 0.3) is 5.91 Å². The molecule has 1 aromatic carbocycles. The first-order valence-electron chi connectivity index (χ1n) is 6.03. The maximum absolute atomic E-state index is 11.8. The van der Waals surface area contributed by atoms with Crippen LogP contribution in [0.15, 0.2) is 28.7 Å². The van der Waals surface area contributed by atoms with E-state index < -0.39 is 36.4 Å². The Bertz CT molecular complexity index is 532. The Morgan fingerprint density at radius 3 is 2.38 bits per heavy atom. The minimum Gasteiger partial charge on any atom is -0.481 e. The molecule has 0 saturated carbocycles. The third kappa shape index (κ3) is 5.82. The summed E-state index contributed by atoms with van der Waals surface area (Å²) in [6.45, 7) is 1.47. The molecule has 21 heavy (non-hydrogen) atoms. The van der Waals surface area contributed by atoms with Crippen molar-refractivity contribution in [3.63, 3.8) is 0 Å². The zero-order chi connectivity index (χ0) is 16.0. The van der Waals surface area contributed by atoms with Crippen molar-refractivity contribution in [3.8, 4) is 5.75 Å². The molecule has 0 heterocycles. The van der Waals surface area contributed by atoms with Crippen LogP contribution in [0, 0.1) is 0 Å². The fourth-order valence-corrected chi connectivity index (χ4v) is 1.73. The van der Waals surface area contributed by atoms with Crippen LogP contribution < -0.4 is 15.8 Å². The molecule has 1 aromatic rings. The minimum absolute atomic E-state index is 0.461. The van der Waals surface area contributed by atoms with E-state index in [1.165, 1.54) is 6.92 Å². The summed E-state index contributed by atoms with van der Waals surface area (Å²) in [5, 5.41) is 11.1. The van der Waals surface area contributed by atoms with Gasteiger partial charge in [-0.25, -0.2) is 4.79 Å². The van der Waals surface area contributed by atoms with E-state index in [1.54, 1.807) is 24.3 Å². The number of halogens is 1. The van der Waals surface area contributed by atoms with Crippen LogP contribution in [0.25, 0.3) is 0 Å². The summed E-state index contributed by atoms with van der Waals surface area (Å²) in [4.78, 5) is 33.5. The number of aliphatic carboxylic acids is 1. The number of primary amides is 1. The fourth-order valence-electron chi connectivity index (χ4n) is 1.46. The predicted octanol–water partition coefficient (Wildman–Crippen LogP) is 0.661. The third-order valence-electron chi connectivity index (χ3n) is 2.52. The van der Waals surface area contributed by atoms with E-state index in [4.69, 9.17) is 15.6 Å². The average Bonchev–Trinajstić information content (AvgIpc) is 2.39. The van der Waals surface area contributed by atoms with Gasteiger partial charge in [0.15, 0.2) is 6.10 Å². The second-order valence-corrected chi connectivity index (χ2v) is 5.20. The van der Waals surface area contributed by atoms with Crippen LogP contribution in [-0.4, -0.2) is 35.0 Å². The van der Waals surface area contributed by atoms with Gasteiger partial charge in [0.2, 0.25) is 5.91 Å². The SMILES string of the molecule is CC(Oc1ccc(Br)cc1)C(=O)N[C@@H](CC(N)=O)C(=O)O. The lowest BCUT2D eigenvalue weighted by Gasteiger charge is -2.18. The van der Waals surface area contributed by atoms with Gasteiger partial charge in [-0.2, -0.15) is 0 Å². The van der Waals surface area contributed by atoms with E-state index >= 15 is 0 Å². The number of carboxylic acid groups (broad SMARTS) is 1. The molecule has 1 unspecified atom stereocenters. The van der Waals surface area contributed by atoms with E-state index in [2.05, 4.69) is 21.2 Å².